The summed E-state index contributed by atoms with van der Waals surface area (Å²) in [4.78, 5) is 5.80. The monoisotopic (exact) mass is 259 g/mol. The fraction of sp³-hybridized carbons (Fsp3) is 0.357. The van der Waals surface area contributed by atoms with Crippen LogP contribution in [0.1, 0.15) is 22.6 Å². The Morgan fingerprint density at radius 3 is 2.78 bits per heavy atom. The van der Waals surface area contributed by atoms with E-state index >= 15 is 0 Å². The van der Waals surface area contributed by atoms with E-state index in [0.717, 1.165) is 25.0 Å². The van der Waals surface area contributed by atoms with Crippen LogP contribution in [0.2, 0.25) is 0 Å². The molecule has 0 bridgehead atoms. The normalized spacial score (nSPS) is 22.7. The van der Waals surface area contributed by atoms with E-state index in [1.807, 2.05) is 6.07 Å². The number of hydrogen-bond donors (Lipinski definition) is 2. The van der Waals surface area contributed by atoms with Gasteiger partial charge in [0.05, 0.1) is 5.69 Å². The molecule has 2 aromatic rings. The zero-order valence-corrected chi connectivity index (χ0v) is 11.0. The summed E-state index contributed by atoms with van der Waals surface area (Å²) < 4.78 is 0. The van der Waals surface area contributed by atoms with Crippen molar-refractivity contribution >= 4 is 16.5 Å². The van der Waals surface area contributed by atoms with Crippen LogP contribution < -0.4 is 11.5 Å². The Balaban J connectivity index is 2.01. The van der Waals surface area contributed by atoms with Crippen LogP contribution in [0.25, 0.3) is 0 Å². The van der Waals surface area contributed by atoms with Gasteiger partial charge >= 0.3 is 0 Å². The van der Waals surface area contributed by atoms with E-state index in [9.17, 15) is 0 Å². The van der Waals surface area contributed by atoms with Gasteiger partial charge in [-0.15, -0.1) is 11.3 Å². The van der Waals surface area contributed by atoms with Crippen molar-refractivity contribution in [2.24, 2.45) is 5.73 Å². The smallest absolute Gasteiger partial charge is 0.180 e. The number of aryl methyl sites for hydroxylation is 1. The fourth-order valence-electron chi connectivity index (χ4n) is 2.83. The van der Waals surface area contributed by atoms with Crippen LogP contribution in [-0.2, 0) is 18.3 Å². The Morgan fingerprint density at radius 2 is 2.06 bits per heavy atom. The second kappa shape index (κ2) is 4.37. The molecule has 0 saturated carbocycles. The second-order valence-electron chi connectivity index (χ2n) is 4.95. The maximum Gasteiger partial charge on any atom is 0.180 e. The molecule has 1 heterocycles. The summed E-state index contributed by atoms with van der Waals surface area (Å²) >= 11 is 1.62. The third-order valence-corrected chi connectivity index (χ3v) is 4.89. The number of aromatic nitrogens is 1. The second-order valence-corrected chi connectivity index (χ2v) is 6.06. The van der Waals surface area contributed by atoms with Gasteiger partial charge in [0.15, 0.2) is 5.13 Å². The summed E-state index contributed by atoms with van der Waals surface area (Å²) in [6, 6.07) is 10.6. The van der Waals surface area contributed by atoms with Crippen molar-refractivity contribution < 1.29 is 0 Å². The topological polar surface area (TPSA) is 64.9 Å². The van der Waals surface area contributed by atoms with Crippen molar-refractivity contribution in [1.82, 2.24) is 4.98 Å². The van der Waals surface area contributed by atoms with Gasteiger partial charge in [-0.25, -0.2) is 4.98 Å². The molecule has 18 heavy (non-hydrogen) atoms. The zero-order chi connectivity index (χ0) is 12.6. The molecule has 1 aliphatic rings. The van der Waals surface area contributed by atoms with Gasteiger partial charge in [0.2, 0.25) is 0 Å². The van der Waals surface area contributed by atoms with E-state index in [1.165, 1.54) is 10.4 Å². The summed E-state index contributed by atoms with van der Waals surface area (Å²) in [5.41, 5.74) is 14.4. The SMILES string of the molecule is NCC1(c2ccccc2)CCc2sc(N)nc2C1. The molecular weight excluding hydrogens is 242 g/mol. The Morgan fingerprint density at radius 1 is 1.28 bits per heavy atom. The van der Waals surface area contributed by atoms with E-state index in [1.54, 1.807) is 11.3 Å². The highest BCUT2D eigenvalue weighted by Crippen LogP contribution is 2.39. The van der Waals surface area contributed by atoms with Crippen molar-refractivity contribution in [2.75, 3.05) is 12.3 Å². The summed E-state index contributed by atoms with van der Waals surface area (Å²) in [5, 5.41) is 0.681. The molecule has 1 aromatic heterocycles. The lowest BCUT2D eigenvalue weighted by molar-refractivity contribution is 0.379. The van der Waals surface area contributed by atoms with Crippen LogP contribution in [0.15, 0.2) is 30.3 Å². The molecule has 3 nitrogen and oxygen atoms in total. The minimum absolute atomic E-state index is 0.0365. The third kappa shape index (κ3) is 1.82. The lowest BCUT2D eigenvalue weighted by Gasteiger charge is -2.36. The predicted octanol–water partition coefficient (Wildman–Crippen LogP) is 2.11. The fourth-order valence-corrected chi connectivity index (χ4v) is 3.68. The first-order chi connectivity index (χ1) is 8.73. The zero-order valence-electron chi connectivity index (χ0n) is 10.2. The summed E-state index contributed by atoms with van der Waals surface area (Å²) in [6.45, 7) is 0.661. The number of nitrogen functional groups attached to an aromatic ring is 1. The van der Waals surface area contributed by atoms with Crippen molar-refractivity contribution in [3.8, 4) is 0 Å². The molecule has 94 valence electrons. The minimum atomic E-state index is 0.0365. The molecule has 3 rings (SSSR count). The number of nitrogens with two attached hydrogens (primary N) is 2. The van der Waals surface area contributed by atoms with Gasteiger partial charge in [0.1, 0.15) is 0 Å². The number of nitrogens with zero attached hydrogens (tertiary/aromatic N) is 1. The summed E-state index contributed by atoms with van der Waals surface area (Å²) in [6.07, 6.45) is 3.04. The molecule has 0 amide bonds. The number of rotatable bonds is 2. The summed E-state index contributed by atoms with van der Waals surface area (Å²) in [7, 11) is 0. The number of benzene rings is 1. The first kappa shape index (κ1) is 11.7. The van der Waals surface area contributed by atoms with Gasteiger partial charge in [-0.3, -0.25) is 0 Å². The molecule has 1 aromatic carbocycles. The van der Waals surface area contributed by atoms with Crippen molar-refractivity contribution in [1.29, 1.82) is 0 Å². The van der Waals surface area contributed by atoms with Crippen molar-refractivity contribution in [2.45, 2.75) is 24.7 Å². The molecule has 1 unspecified atom stereocenters. The third-order valence-electron chi connectivity index (χ3n) is 3.91. The van der Waals surface area contributed by atoms with E-state index in [0.29, 0.717) is 11.7 Å². The lowest BCUT2D eigenvalue weighted by atomic mass is 9.70. The van der Waals surface area contributed by atoms with Crippen LogP contribution in [0.3, 0.4) is 0 Å². The number of thiazole rings is 1. The molecule has 0 spiro atoms. The van der Waals surface area contributed by atoms with Crippen LogP contribution in [0.5, 0.6) is 0 Å². The minimum Gasteiger partial charge on any atom is -0.375 e. The number of fused-ring (bicyclic) bond motifs is 1. The maximum atomic E-state index is 6.08. The van der Waals surface area contributed by atoms with Crippen LogP contribution in [0, 0.1) is 0 Å². The maximum absolute atomic E-state index is 6.08. The van der Waals surface area contributed by atoms with Gasteiger partial charge < -0.3 is 11.5 Å². The van der Waals surface area contributed by atoms with Crippen molar-refractivity contribution in [3.63, 3.8) is 0 Å². The lowest BCUT2D eigenvalue weighted by Crippen LogP contribution is -2.40. The Labute approximate surface area is 111 Å². The quantitative estimate of drug-likeness (QED) is 0.868. The molecule has 1 atom stereocenters. The molecule has 4 N–H and O–H groups in total. The number of anilines is 1. The van der Waals surface area contributed by atoms with Gasteiger partial charge in [-0.05, 0) is 18.4 Å². The standard InChI is InChI=1S/C14H17N3S/c15-9-14(10-4-2-1-3-5-10)7-6-12-11(8-14)17-13(16)18-12/h1-5H,6-9,15H2,(H2,16,17). The first-order valence-electron chi connectivity index (χ1n) is 6.23. The van der Waals surface area contributed by atoms with E-state index < -0.39 is 0 Å². The van der Waals surface area contributed by atoms with Crippen LogP contribution >= 0.6 is 11.3 Å². The van der Waals surface area contributed by atoms with Crippen LogP contribution in [0.4, 0.5) is 5.13 Å². The molecule has 4 heteroatoms. The summed E-state index contributed by atoms with van der Waals surface area (Å²) in [5.74, 6) is 0. The van der Waals surface area contributed by atoms with Crippen LogP contribution in [-0.4, -0.2) is 11.5 Å². The highest BCUT2D eigenvalue weighted by atomic mass is 32.1. The predicted molar refractivity (Wildman–Crippen MR) is 75.7 cm³/mol. The average Bonchev–Trinajstić information content (AvgIpc) is 2.78. The van der Waals surface area contributed by atoms with Gasteiger partial charge in [0, 0.05) is 23.3 Å². The van der Waals surface area contributed by atoms with E-state index in [4.69, 9.17) is 11.5 Å². The van der Waals surface area contributed by atoms with Gasteiger partial charge in [0.25, 0.3) is 0 Å². The Hall–Kier alpha value is -1.39. The van der Waals surface area contributed by atoms with E-state index in [2.05, 4.69) is 29.2 Å². The average molecular weight is 259 g/mol. The van der Waals surface area contributed by atoms with Crippen molar-refractivity contribution in [3.05, 3.63) is 46.5 Å². The molecular formula is C14H17N3S. The largest absolute Gasteiger partial charge is 0.375 e. The molecule has 0 saturated heterocycles. The molecule has 0 radical (unpaired) electrons. The highest BCUT2D eigenvalue weighted by molar-refractivity contribution is 7.15. The Kier molecular flexibility index (Phi) is 2.84. The first-order valence-corrected chi connectivity index (χ1v) is 7.05. The van der Waals surface area contributed by atoms with Gasteiger partial charge in [-0.2, -0.15) is 0 Å². The Bertz CT molecular complexity index is 549. The highest BCUT2D eigenvalue weighted by Gasteiger charge is 2.36. The van der Waals surface area contributed by atoms with E-state index in [-0.39, 0.29) is 5.41 Å². The number of hydrogen-bond acceptors (Lipinski definition) is 4. The molecule has 0 aliphatic heterocycles. The molecule has 1 aliphatic carbocycles. The van der Waals surface area contributed by atoms with Gasteiger partial charge in [-0.1, -0.05) is 30.3 Å². The molecule has 0 fully saturated rings.